The van der Waals surface area contributed by atoms with Crippen LogP contribution in [0.2, 0.25) is 0 Å². The molecular formula is C8H8O3S4. The van der Waals surface area contributed by atoms with E-state index in [2.05, 4.69) is 0 Å². The van der Waals surface area contributed by atoms with Crippen LogP contribution in [0.3, 0.4) is 0 Å². The van der Waals surface area contributed by atoms with E-state index in [0.717, 1.165) is 19.9 Å². The standard InChI is InChI=1S/C8H8O3S4/c9-7-14-5-6(15-7)13-4-8(3-12-5)10-1-2-11-8/h1-4H2. The Morgan fingerprint density at radius 3 is 2.07 bits per heavy atom. The van der Waals surface area contributed by atoms with Gasteiger partial charge in [-0.25, -0.2) is 0 Å². The van der Waals surface area contributed by atoms with E-state index >= 15 is 0 Å². The van der Waals surface area contributed by atoms with Gasteiger partial charge >= 0.3 is 0 Å². The molecule has 0 N–H and O–H groups in total. The minimum Gasteiger partial charge on any atom is -0.346 e. The largest absolute Gasteiger partial charge is 0.346 e. The quantitative estimate of drug-likeness (QED) is 0.727. The summed E-state index contributed by atoms with van der Waals surface area (Å²) in [6, 6.07) is 0. The van der Waals surface area contributed by atoms with E-state index in [1.54, 1.807) is 23.5 Å². The normalized spacial score (nSPS) is 24.0. The van der Waals surface area contributed by atoms with Crippen LogP contribution in [0.4, 0.5) is 0 Å². The molecule has 1 spiro atoms. The van der Waals surface area contributed by atoms with Crippen LogP contribution in [0.5, 0.6) is 0 Å². The molecule has 0 radical (unpaired) electrons. The van der Waals surface area contributed by atoms with Gasteiger partial charge in [0.15, 0.2) is 5.79 Å². The van der Waals surface area contributed by atoms with Crippen molar-refractivity contribution >= 4 is 46.2 Å². The van der Waals surface area contributed by atoms with Crippen LogP contribution >= 0.6 is 46.2 Å². The predicted molar refractivity (Wildman–Crippen MR) is 64.5 cm³/mol. The average molecular weight is 280 g/mol. The van der Waals surface area contributed by atoms with Gasteiger partial charge in [-0.05, 0) is 0 Å². The number of fused-ring (bicyclic) bond motifs is 1. The zero-order chi connectivity index (χ0) is 10.3. The summed E-state index contributed by atoms with van der Waals surface area (Å²) in [7, 11) is 0. The molecule has 1 aromatic rings. The average Bonchev–Trinajstić information content (AvgIpc) is 2.76. The fourth-order valence-electron chi connectivity index (χ4n) is 1.49. The first-order valence-corrected chi connectivity index (χ1v) is 8.05. The fraction of sp³-hybridized carbons (Fsp3) is 0.625. The molecule has 3 rings (SSSR count). The highest BCUT2D eigenvalue weighted by atomic mass is 32.2. The molecule has 0 amide bonds. The monoisotopic (exact) mass is 280 g/mol. The van der Waals surface area contributed by atoms with Gasteiger partial charge in [-0.3, -0.25) is 4.79 Å². The lowest BCUT2D eigenvalue weighted by Gasteiger charge is -2.23. The third kappa shape index (κ3) is 2.01. The molecule has 2 aliphatic rings. The molecule has 1 fully saturated rings. The van der Waals surface area contributed by atoms with Crippen molar-refractivity contribution in [1.29, 1.82) is 0 Å². The second-order valence-corrected chi connectivity index (χ2v) is 7.93. The van der Waals surface area contributed by atoms with E-state index < -0.39 is 5.79 Å². The molecule has 0 saturated carbocycles. The van der Waals surface area contributed by atoms with Crippen LogP contribution in [-0.2, 0) is 9.47 Å². The SMILES string of the molecule is O=c1sc2c(s1)SCC1(CS2)OCCO1. The highest BCUT2D eigenvalue weighted by Gasteiger charge is 2.39. The van der Waals surface area contributed by atoms with Crippen LogP contribution in [-0.4, -0.2) is 30.5 Å². The Morgan fingerprint density at radius 1 is 1.00 bits per heavy atom. The summed E-state index contributed by atoms with van der Waals surface area (Å²) in [5.74, 6) is 1.17. The number of hydrogen-bond donors (Lipinski definition) is 0. The molecule has 0 atom stereocenters. The van der Waals surface area contributed by atoms with Gasteiger partial charge in [0.05, 0.1) is 33.1 Å². The molecule has 82 valence electrons. The van der Waals surface area contributed by atoms with E-state index in [1.807, 2.05) is 0 Å². The molecule has 2 aliphatic heterocycles. The van der Waals surface area contributed by atoms with E-state index in [1.165, 1.54) is 22.7 Å². The Hall–Kier alpha value is 0.470. The summed E-state index contributed by atoms with van der Waals surface area (Å²) in [6.45, 7) is 1.37. The van der Waals surface area contributed by atoms with Gasteiger partial charge in [-0.2, -0.15) is 0 Å². The second-order valence-electron chi connectivity index (χ2n) is 3.21. The molecule has 7 heteroatoms. The highest BCUT2D eigenvalue weighted by Crippen LogP contribution is 2.44. The lowest BCUT2D eigenvalue weighted by molar-refractivity contribution is -0.116. The van der Waals surface area contributed by atoms with E-state index in [0.29, 0.717) is 13.2 Å². The Morgan fingerprint density at radius 2 is 1.53 bits per heavy atom. The first-order chi connectivity index (χ1) is 7.27. The first-order valence-electron chi connectivity index (χ1n) is 4.45. The van der Waals surface area contributed by atoms with Crippen molar-refractivity contribution in [3.63, 3.8) is 0 Å². The summed E-state index contributed by atoms with van der Waals surface area (Å²) in [5, 5.41) is 0. The Bertz CT molecular complexity index is 387. The molecule has 0 bridgehead atoms. The van der Waals surface area contributed by atoms with Gasteiger partial charge in [0, 0.05) is 0 Å². The summed E-state index contributed by atoms with van der Waals surface area (Å²) in [4.78, 5) is 11.2. The van der Waals surface area contributed by atoms with Crippen LogP contribution < -0.4 is 4.06 Å². The Balaban J connectivity index is 1.86. The van der Waals surface area contributed by atoms with Gasteiger partial charge < -0.3 is 9.47 Å². The summed E-state index contributed by atoms with van der Waals surface area (Å²) < 4.78 is 13.8. The minimum absolute atomic E-state index is 0.184. The minimum atomic E-state index is -0.413. The molecule has 1 aromatic heterocycles. The molecule has 0 aromatic carbocycles. The van der Waals surface area contributed by atoms with Crippen molar-refractivity contribution in [3.05, 3.63) is 8.85 Å². The molecule has 3 heterocycles. The van der Waals surface area contributed by atoms with Gasteiger partial charge in [0.2, 0.25) is 0 Å². The number of rotatable bonds is 0. The maximum atomic E-state index is 11.2. The third-order valence-corrected chi connectivity index (χ3v) is 7.62. The molecule has 1 saturated heterocycles. The zero-order valence-electron chi connectivity index (χ0n) is 7.69. The number of ether oxygens (including phenoxy) is 2. The zero-order valence-corrected chi connectivity index (χ0v) is 11.0. The first kappa shape index (κ1) is 10.6. The topological polar surface area (TPSA) is 35.5 Å². The van der Waals surface area contributed by atoms with Gasteiger partial charge in [-0.1, -0.05) is 22.7 Å². The smallest absolute Gasteiger partial charge is 0.289 e. The molecule has 15 heavy (non-hydrogen) atoms. The van der Waals surface area contributed by atoms with Gasteiger partial charge in [0.25, 0.3) is 4.06 Å². The highest BCUT2D eigenvalue weighted by molar-refractivity contribution is 8.05. The maximum Gasteiger partial charge on any atom is 0.289 e. The molecule has 0 aliphatic carbocycles. The number of hydrogen-bond acceptors (Lipinski definition) is 7. The Labute approximate surface area is 103 Å². The van der Waals surface area contributed by atoms with Crippen molar-refractivity contribution in [1.82, 2.24) is 0 Å². The van der Waals surface area contributed by atoms with Crippen molar-refractivity contribution < 1.29 is 9.47 Å². The van der Waals surface area contributed by atoms with Gasteiger partial charge in [0.1, 0.15) is 0 Å². The van der Waals surface area contributed by atoms with Crippen molar-refractivity contribution in [2.24, 2.45) is 0 Å². The van der Waals surface area contributed by atoms with E-state index in [9.17, 15) is 4.79 Å². The predicted octanol–water partition coefficient (Wildman–Crippen LogP) is 2.11. The number of thioether (sulfide) groups is 2. The molecule has 3 nitrogen and oxygen atoms in total. The maximum absolute atomic E-state index is 11.2. The van der Waals surface area contributed by atoms with Crippen LogP contribution in [0.1, 0.15) is 0 Å². The summed E-state index contributed by atoms with van der Waals surface area (Å²) >= 11 is 6.05. The summed E-state index contributed by atoms with van der Waals surface area (Å²) in [5.41, 5.74) is 0. The van der Waals surface area contributed by atoms with E-state index in [4.69, 9.17) is 9.47 Å². The Kier molecular flexibility index (Phi) is 2.86. The van der Waals surface area contributed by atoms with E-state index in [-0.39, 0.29) is 4.06 Å². The van der Waals surface area contributed by atoms with Crippen molar-refractivity contribution in [2.75, 3.05) is 24.7 Å². The lowest BCUT2D eigenvalue weighted by Crippen LogP contribution is -2.35. The van der Waals surface area contributed by atoms with Crippen molar-refractivity contribution in [2.45, 2.75) is 14.2 Å². The summed E-state index contributed by atoms with van der Waals surface area (Å²) in [6.07, 6.45) is 0. The second kappa shape index (κ2) is 4.05. The molecular weight excluding hydrogens is 272 g/mol. The fourth-order valence-corrected chi connectivity index (χ4v) is 7.03. The van der Waals surface area contributed by atoms with Crippen molar-refractivity contribution in [3.8, 4) is 0 Å². The molecule has 0 unspecified atom stereocenters. The lowest BCUT2D eigenvalue weighted by atomic mass is 10.4. The van der Waals surface area contributed by atoms with Crippen LogP contribution in [0.15, 0.2) is 13.2 Å². The van der Waals surface area contributed by atoms with Gasteiger partial charge in [-0.15, -0.1) is 23.5 Å². The third-order valence-electron chi connectivity index (χ3n) is 2.18. The van der Waals surface area contributed by atoms with Crippen LogP contribution in [0.25, 0.3) is 0 Å². The van der Waals surface area contributed by atoms with Crippen LogP contribution in [0, 0.1) is 0 Å².